The average molecular weight is 439 g/mol. The zero-order chi connectivity index (χ0) is 21.9. The van der Waals surface area contributed by atoms with Gasteiger partial charge >= 0.3 is 11.7 Å². The number of unbranched alkanes of at least 4 members (excludes halogenated alkanes) is 9. The van der Waals surface area contributed by atoms with Gasteiger partial charge in [0.1, 0.15) is 0 Å². The number of ether oxygens (including phenoxy) is 1. The highest BCUT2D eigenvalue weighted by Gasteiger charge is 2.18. The molecule has 1 N–H and O–H groups in total. The SMILES string of the molecule is CCCCCCCCCCCCn1c(SCC(=O)OC)nc2c1c(=O)[nH]c(=O)n2C. The van der Waals surface area contributed by atoms with Crippen LogP contribution in [0, 0.1) is 0 Å². The Morgan fingerprint density at radius 3 is 2.23 bits per heavy atom. The number of imidazole rings is 1. The quantitative estimate of drug-likeness (QED) is 0.275. The summed E-state index contributed by atoms with van der Waals surface area (Å²) < 4.78 is 7.85. The molecule has 0 aliphatic rings. The van der Waals surface area contributed by atoms with Gasteiger partial charge < -0.3 is 9.30 Å². The Bertz CT molecular complexity index is 931. The van der Waals surface area contributed by atoms with Gasteiger partial charge in [-0.25, -0.2) is 9.78 Å². The van der Waals surface area contributed by atoms with E-state index in [1.807, 2.05) is 4.57 Å². The second-order valence-electron chi connectivity index (χ2n) is 7.58. The van der Waals surface area contributed by atoms with E-state index in [4.69, 9.17) is 4.74 Å². The first-order valence-electron chi connectivity index (χ1n) is 10.9. The number of methoxy groups -OCH3 is 1. The Kier molecular flexibility index (Phi) is 10.2. The van der Waals surface area contributed by atoms with Crippen molar-refractivity contribution in [3.63, 3.8) is 0 Å². The van der Waals surface area contributed by atoms with Crippen molar-refractivity contribution in [3.8, 4) is 0 Å². The molecular weight excluding hydrogens is 404 g/mol. The number of nitrogens with one attached hydrogen (secondary N) is 1. The highest BCUT2D eigenvalue weighted by atomic mass is 32.2. The van der Waals surface area contributed by atoms with Crippen molar-refractivity contribution in [3.05, 3.63) is 20.8 Å². The number of thioether (sulfide) groups is 1. The maximum atomic E-state index is 12.4. The second-order valence-corrected chi connectivity index (χ2v) is 8.53. The highest BCUT2D eigenvalue weighted by molar-refractivity contribution is 7.99. The molecule has 30 heavy (non-hydrogen) atoms. The number of aryl methyl sites for hydroxylation is 2. The van der Waals surface area contributed by atoms with Crippen LogP contribution < -0.4 is 11.2 Å². The van der Waals surface area contributed by atoms with Crippen molar-refractivity contribution in [2.24, 2.45) is 7.05 Å². The summed E-state index contributed by atoms with van der Waals surface area (Å²) in [4.78, 5) is 42.7. The maximum Gasteiger partial charge on any atom is 0.329 e. The lowest BCUT2D eigenvalue weighted by Gasteiger charge is -2.08. The normalized spacial score (nSPS) is 11.3. The number of rotatable bonds is 14. The van der Waals surface area contributed by atoms with Crippen LogP contribution in [-0.2, 0) is 23.1 Å². The minimum atomic E-state index is -0.499. The number of carbonyl (C=O) groups is 1. The molecule has 0 saturated heterocycles. The molecule has 0 radical (unpaired) electrons. The van der Waals surface area contributed by atoms with Gasteiger partial charge in [0.05, 0.1) is 12.9 Å². The Morgan fingerprint density at radius 2 is 1.63 bits per heavy atom. The van der Waals surface area contributed by atoms with Crippen LogP contribution in [0.3, 0.4) is 0 Å². The summed E-state index contributed by atoms with van der Waals surface area (Å²) >= 11 is 1.22. The Hall–Kier alpha value is -2.03. The number of esters is 1. The van der Waals surface area contributed by atoms with E-state index in [1.54, 1.807) is 7.05 Å². The first kappa shape index (κ1) is 24.2. The molecule has 0 amide bonds. The van der Waals surface area contributed by atoms with Crippen molar-refractivity contribution in [1.82, 2.24) is 19.1 Å². The largest absolute Gasteiger partial charge is 0.468 e. The van der Waals surface area contributed by atoms with Gasteiger partial charge in [-0.15, -0.1) is 0 Å². The smallest absolute Gasteiger partial charge is 0.329 e. The fraction of sp³-hybridized carbons (Fsp3) is 0.714. The molecule has 0 saturated carbocycles. The van der Waals surface area contributed by atoms with E-state index >= 15 is 0 Å². The summed E-state index contributed by atoms with van der Waals surface area (Å²) in [6, 6.07) is 0. The van der Waals surface area contributed by atoms with Crippen molar-refractivity contribution in [1.29, 1.82) is 0 Å². The lowest BCUT2D eigenvalue weighted by Crippen LogP contribution is -2.29. The number of aromatic amines is 1. The summed E-state index contributed by atoms with van der Waals surface area (Å²) in [5.74, 6) is -0.260. The van der Waals surface area contributed by atoms with Gasteiger partial charge in [-0.2, -0.15) is 0 Å². The van der Waals surface area contributed by atoms with Gasteiger partial charge in [-0.3, -0.25) is 19.1 Å². The van der Waals surface area contributed by atoms with Crippen LogP contribution in [0.15, 0.2) is 14.7 Å². The molecule has 0 aromatic carbocycles. The molecule has 0 fully saturated rings. The average Bonchev–Trinajstić information content (AvgIpc) is 3.10. The molecular formula is C21H34N4O4S. The van der Waals surface area contributed by atoms with E-state index in [0.29, 0.717) is 22.9 Å². The van der Waals surface area contributed by atoms with E-state index in [2.05, 4.69) is 16.9 Å². The van der Waals surface area contributed by atoms with E-state index in [-0.39, 0.29) is 11.7 Å². The van der Waals surface area contributed by atoms with Crippen LogP contribution in [0.4, 0.5) is 0 Å². The fourth-order valence-corrected chi connectivity index (χ4v) is 4.33. The van der Waals surface area contributed by atoms with Gasteiger partial charge in [0.25, 0.3) is 5.56 Å². The summed E-state index contributed by atoms with van der Waals surface area (Å²) in [7, 11) is 2.91. The monoisotopic (exact) mass is 438 g/mol. The Balaban J connectivity index is 1.98. The van der Waals surface area contributed by atoms with Crippen LogP contribution in [0.25, 0.3) is 11.2 Å². The Morgan fingerprint density at radius 1 is 1.03 bits per heavy atom. The van der Waals surface area contributed by atoms with Gasteiger partial charge in [-0.1, -0.05) is 76.5 Å². The molecule has 0 aliphatic heterocycles. The van der Waals surface area contributed by atoms with Crippen LogP contribution >= 0.6 is 11.8 Å². The molecule has 9 heteroatoms. The van der Waals surface area contributed by atoms with Gasteiger partial charge in [-0.05, 0) is 6.42 Å². The summed E-state index contributed by atoms with van der Waals surface area (Å²) in [6.45, 7) is 2.86. The third-order valence-corrected chi connectivity index (χ3v) is 6.20. The van der Waals surface area contributed by atoms with E-state index in [1.165, 1.54) is 74.8 Å². The molecule has 0 spiro atoms. The first-order chi connectivity index (χ1) is 14.5. The van der Waals surface area contributed by atoms with E-state index in [9.17, 15) is 14.4 Å². The van der Waals surface area contributed by atoms with E-state index in [0.717, 1.165) is 12.8 Å². The third-order valence-electron chi connectivity index (χ3n) is 5.25. The number of nitrogens with zero attached hydrogens (tertiary/aromatic N) is 3. The zero-order valence-electron chi connectivity index (χ0n) is 18.4. The lowest BCUT2D eigenvalue weighted by atomic mass is 10.1. The predicted octanol–water partition coefficient (Wildman–Crippen LogP) is 3.61. The van der Waals surface area contributed by atoms with Crippen molar-refractivity contribution in [2.45, 2.75) is 82.8 Å². The van der Waals surface area contributed by atoms with Crippen LogP contribution in [0.1, 0.15) is 71.1 Å². The van der Waals surface area contributed by atoms with Crippen molar-refractivity contribution < 1.29 is 9.53 Å². The maximum absolute atomic E-state index is 12.4. The number of aromatic nitrogens is 4. The number of carbonyl (C=O) groups excluding carboxylic acids is 1. The Labute approximate surface area is 181 Å². The van der Waals surface area contributed by atoms with Gasteiger partial charge in [0.15, 0.2) is 16.3 Å². The molecule has 0 aliphatic carbocycles. The van der Waals surface area contributed by atoms with E-state index < -0.39 is 11.2 Å². The second kappa shape index (κ2) is 12.6. The van der Waals surface area contributed by atoms with Crippen molar-refractivity contribution in [2.75, 3.05) is 12.9 Å². The number of fused-ring (bicyclic) bond motifs is 1. The van der Waals surface area contributed by atoms with Crippen LogP contribution in [0.5, 0.6) is 0 Å². The number of hydrogen-bond acceptors (Lipinski definition) is 6. The molecule has 0 unspecified atom stereocenters. The lowest BCUT2D eigenvalue weighted by molar-refractivity contribution is -0.137. The van der Waals surface area contributed by atoms with Gasteiger partial charge in [0, 0.05) is 13.6 Å². The standard InChI is InChI=1S/C21H34N4O4S/c1-4-5-6-7-8-9-10-11-12-13-14-25-17-18(24(2)20(28)23-19(17)27)22-21(25)30-15-16(26)29-3/h4-15H2,1-3H3,(H,23,27,28). The minimum Gasteiger partial charge on any atom is -0.468 e. The molecule has 2 rings (SSSR count). The molecule has 168 valence electrons. The fourth-order valence-electron chi connectivity index (χ4n) is 3.47. The summed E-state index contributed by atoms with van der Waals surface area (Å²) in [6.07, 6.45) is 12.2. The predicted molar refractivity (Wildman–Crippen MR) is 120 cm³/mol. The number of H-pyrrole nitrogens is 1. The molecule has 0 atom stereocenters. The molecule has 0 bridgehead atoms. The third kappa shape index (κ3) is 6.75. The highest BCUT2D eigenvalue weighted by Crippen LogP contribution is 2.22. The zero-order valence-corrected chi connectivity index (χ0v) is 19.2. The first-order valence-corrected chi connectivity index (χ1v) is 11.9. The number of hydrogen-bond donors (Lipinski definition) is 1. The summed E-state index contributed by atoms with van der Waals surface area (Å²) in [5, 5.41) is 0.554. The summed E-state index contributed by atoms with van der Waals surface area (Å²) in [5.41, 5.74) is -0.234. The van der Waals surface area contributed by atoms with Crippen LogP contribution in [0.2, 0.25) is 0 Å². The van der Waals surface area contributed by atoms with Crippen LogP contribution in [-0.4, -0.2) is 37.9 Å². The van der Waals surface area contributed by atoms with Gasteiger partial charge in [0.2, 0.25) is 0 Å². The topological polar surface area (TPSA) is 99.0 Å². The molecule has 2 heterocycles. The molecule has 8 nitrogen and oxygen atoms in total. The van der Waals surface area contributed by atoms with Crippen molar-refractivity contribution >= 4 is 28.9 Å². The molecule has 2 aromatic heterocycles. The minimum absolute atomic E-state index is 0.101. The molecule has 2 aromatic rings.